The predicted octanol–water partition coefficient (Wildman–Crippen LogP) is 2.73. The van der Waals surface area contributed by atoms with E-state index < -0.39 is 0 Å². The lowest BCUT2D eigenvalue weighted by molar-refractivity contribution is 0.471. The molecule has 3 rings (SSSR count). The standard InChI is InChI=1S/C12H8O2/c13-9-5-8-2-1-7-3-4-11(14)10(6-9)12(7)8/h1-6,13-14H. The Morgan fingerprint density at radius 1 is 0.857 bits per heavy atom. The zero-order chi connectivity index (χ0) is 9.71. The van der Waals surface area contributed by atoms with E-state index in [9.17, 15) is 10.2 Å². The Balaban J connectivity index is 2.60. The molecular formula is C12H8O2. The summed E-state index contributed by atoms with van der Waals surface area (Å²) in [5.41, 5.74) is 2.05. The van der Waals surface area contributed by atoms with Gasteiger partial charge >= 0.3 is 0 Å². The van der Waals surface area contributed by atoms with Gasteiger partial charge < -0.3 is 10.2 Å². The third-order valence-electron chi connectivity index (χ3n) is 2.58. The van der Waals surface area contributed by atoms with Crippen molar-refractivity contribution in [2.75, 3.05) is 0 Å². The zero-order valence-corrected chi connectivity index (χ0v) is 7.36. The van der Waals surface area contributed by atoms with Crippen LogP contribution in [0.4, 0.5) is 0 Å². The normalized spacial score (nSPS) is 12.6. The Morgan fingerprint density at radius 2 is 1.64 bits per heavy atom. The van der Waals surface area contributed by atoms with Crippen molar-refractivity contribution in [3.8, 4) is 11.5 Å². The molecule has 0 aromatic heterocycles. The first-order valence-electron chi connectivity index (χ1n) is 4.42. The van der Waals surface area contributed by atoms with Crippen molar-refractivity contribution in [2.45, 2.75) is 0 Å². The van der Waals surface area contributed by atoms with E-state index in [1.54, 1.807) is 18.2 Å². The van der Waals surface area contributed by atoms with E-state index in [-0.39, 0.29) is 11.5 Å². The van der Waals surface area contributed by atoms with Gasteiger partial charge in [0.25, 0.3) is 0 Å². The molecule has 0 amide bonds. The minimum absolute atomic E-state index is 0.187. The van der Waals surface area contributed by atoms with Crippen LogP contribution in [0.25, 0.3) is 22.9 Å². The highest BCUT2D eigenvalue weighted by Gasteiger charge is 2.12. The van der Waals surface area contributed by atoms with E-state index in [1.165, 1.54) is 0 Å². The molecule has 0 radical (unpaired) electrons. The van der Waals surface area contributed by atoms with Gasteiger partial charge in [0.15, 0.2) is 0 Å². The van der Waals surface area contributed by atoms with Crippen molar-refractivity contribution in [1.29, 1.82) is 0 Å². The van der Waals surface area contributed by atoms with Crippen molar-refractivity contribution in [1.82, 2.24) is 0 Å². The number of phenols is 2. The fourth-order valence-electron chi connectivity index (χ4n) is 1.96. The number of phenolic OH excluding ortho intramolecular Hbond substituents is 2. The molecule has 0 spiro atoms. The minimum Gasteiger partial charge on any atom is -0.508 e. The largest absolute Gasteiger partial charge is 0.508 e. The lowest BCUT2D eigenvalue weighted by Crippen LogP contribution is -1.79. The number of rotatable bonds is 0. The monoisotopic (exact) mass is 184 g/mol. The van der Waals surface area contributed by atoms with Gasteiger partial charge in [0.1, 0.15) is 11.5 Å². The van der Waals surface area contributed by atoms with Gasteiger partial charge in [-0.1, -0.05) is 18.2 Å². The van der Waals surface area contributed by atoms with E-state index in [2.05, 4.69) is 0 Å². The Kier molecular flexibility index (Phi) is 1.22. The van der Waals surface area contributed by atoms with Gasteiger partial charge in [-0.15, -0.1) is 0 Å². The smallest absolute Gasteiger partial charge is 0.123 e. The van der Waals surface area contributed by atoms with Gasteiger partial charge in [-0.3, -0.25) is 0 Å². The van der Waals surface area contributed by atoms with E-state index in [0.29, 0.717) is 5.39 Å². The van der Waals surface area contributed by atoms with Crippen LogP contribution >= 0.6 is 0 Å². The Labute approximate surface area is 80.7 Å². The molecular weight excluding hydrogens is 176 g/mol. The summed E-state index contributed by atoms with van der Waals surface area (Å²) in [6.07, 6.45) is 3.92. The third kappa shape index (κ3) is 0.799. The molecule has 2 aromatic carbocycles. The SMILES string of the molecule is Oc1cc2c3c(ccc(O)c3c1)C=C2. The van der Waals surface area contributed by atoms with Gasteiger partial charge in [0.2, 0.25) is 0 Å². The van der Waals surface area contributed by atoms with Gasteiger partial charge in [-0.25, -0.2) is 0 Å². The fourth-order valence-corrected chi connectivity index (χ4v) is 1.96. The Bertz CT molecular complexity index is 568. The molecule has 2 aromatic rings. The molecule has 2 nitrogen and oxygen atoms in total. The molecule has 0 atom stereocenters. The van der Waals surface area contributed by atoms with Gasteiger partial charge in [0, 0.05) is 10.8 Å². The first-order chi connectivity index (χ1) is 6.75. The first-order valence-corrected chi connectivity index (χ1v) is 4.42. The zero-order valence-electron chi connectivity index (χ0n) is 7.36. The summed E-state index contributed by atoms with van der Waals surface area (Å²) in [4.78, 5) is 0. The maximum atomic E-state index is 9.63. The average molecular weight is 184 g/mol. The van der Waals surface area contributed by atoms with Crippen molar-refractivity contribution in [3.63, 3.8) is 0 Å². The van der Waals surface area contributed by atoms with Crippen molar-refractivity contribution in [3.05, 3.63) is 35.4 Å². The Hall–Kier alpha value is -1.96. The molecule has 0 unspecified atom stereocenters. The van der Waals surface area contributed by atoms with Crippen LogP contribution in [0.1, 0.15) is 11.1 Å². The van der Waals surface area contributed by atoms with Crippen LogP contribution in [0, 0.1) is 0 Å². The fraction of sp³-hybridized carbons (Fsp3) is 0. The second-order valence-corrected chi connectivity index (χ2v) is 3.46. The molecule has 0 heterocycles. The van der Waals surface area contributed by atoms with Crippen LogP contribution in [0.5, 0.6) is 11.5 Å². The van der Waals surface area contributed by atoms with Crippen LogP contribution in [0.15, 0.2) is 24.3 Å². The van der Waals surface area contributed by atoms with Crippen LogP contribution in [-0.4, -0.2) is 10.2 Å². The molecule has 0 aliphatic heterocycles. The highest BCUT2D eigenvalue weighted by molar-refractivity contribution is 6.07. The molecule has 2 N–H and O–H groups in total. The van der Waals surface area contributed by atoms with Gasteiger partial charge in [-0.2, -0.15) is 0 Å². The topological polar surface area (TPSA) is 40.5 Å². The summed E-state index contributed by atoms with van der Waals surface area (Å²) in [6.45, 7) is 0. The number of aromatic hydroxyl groups is 2. The molecule has 0 fully saturated rings. The van der Waals surface area contributed by atoms with Crippen molar-refractivity contribution in [2.24, 2.45) is 0 Å². The van der Waals surface area contributed by atoms with Crippen LogP contribution < -0.4 is 0 Å². The second kappa shape index (κ2) is 2.29. The molecule has 0 bridgehead atoms. The van der Waals surface area contributed by atoms with E-state index in [4.69, 9.17) is 0 Å². The summed E-state index contributed by atoms with van der Waals surface area (Å²) in [5, 5.41) is 20.8. The number of benzene rings is 2. The molecule has 1 aliphatic carbocycles. The molecule has 0 saturated carbocycles. The second-order valence-electron chi connectivity index (χ2n) is 3.46. The molecule has 68 valence electrons. The van der Waals surface area contributed by atoms with Crippen molar-refractivity contribution < 1.29 is 10.2 Å². The molecule has 0 saturated heterocycles. The maximum Gasteiger partial charge on any atom is 0.123 e. The summed E-state index contributed by atoms with van der Waals surface area (Å²) in [5.74, 6) is 0.399. The van der Waals surface area contributed by atoms with Gasteiger partial charge in [0.05, 0.1) is 0 Å². The van der Waals surface area contributed by atoms with E-state index >= 15 is 0 Å². The summed E-state index contributed by atoms with van der Waals surface area (Å²) in [6, 6.07) is 6.82. The summed E-state index contributed by atoms with van der Waals surface area (Å²) >= 11 is 0. The maximum absolute atomic E-state index is 9.63. The lowest BCUT2D eigenvalue weighted by atomic mass is 10.0. The average Bonchev–Trinajstić information content (AvgIpc) is 2.55. The quantitative estimate of drug-likeness (QED) is 0.564. The van der Waals surface area contributed by atoms with E-state index in [0.717, 1.165) is 16.5 Å². The van der Waals surface area contributed by atoms with E-state index in [1.807, 2.05) is 18.2 Å². The highest BCUT2D eigenvalue weighted by Crippen LogP contribution is 2.38. The molecule has 2 heteroatoms. The highest BCUT2D eigenvalue weighted by atomic mass is 16.3. The lowest BCUT2D eigenvalue weighted by Gasteiger charge is -2.04. The molecule has 14 heavy (non-hydrogen) atoms. The Morgan fingerprint density at radius 3 is 2.50 bits per heavy atom. The summed E-state index contributed by atoms with van der Waals surface area (Å²) < 4.78 is 0. The number of hydrogen-bond acceptors (Lipinski definition) is 2. The van der Waals surface area contributed by atoms with Crippen molar-refractivity contribution >= 4 is 22.9 Å². The predicted molar refractivity (Wildman–Crippen MR) is 56.2 cm³/mol. The number of hydrogen-bond donors (Lipinski definition) is 2. The van der Waals surface area contributed by atoms with Crippen LogP contribution in [-0.2, 0) is 0 Å². The first kappa shape index (κ1) is 7.44. The third-order valence-corrected chi connectivity index (χ3v) is 2.58. The summed E-state index contributed by atoms with van der Waals surface area (Å²) in [7, 11) is 0. The minimum atomic E-state index is 0.187. The van der Waals surface area contributed by atoms with Crippen LogP contribution in [0.3, 0.4) is 0 Å². The van der Waals surface area contributed by atoms with Crippen LogP contribution in [0.2, 0.25) is 0 Å². The van der Waals surface area contributed by atoms with Gasteiger partial charge in [-0.05, 0) is 29.3 Å². The molecule has 1 aliphatic rings.